The van der Waals surface area contributed by atoms with Crippen molar-refractivity contribution in [1.82, 2.24) is 9.29 Å². The minimum absolute atomic E-state index is 0.170. The standard InChI is InChI=1S/C15H16Br2N2O2S/c1-11(2)19(10-12-4-3-7-18-9-12)22(20,21)15-8-13(16)5-6-14(15)17/h3-9,11H,10H2,1-2H3. The monoisotopic (exact) mass is 446 g/mol. The summed E-state index contributed by atoms with van der Waals surface area (Å²) in [6.45, 7) is 4.01. The summed E-state index contributed by atoms with van der Waals surface area (Å²) in [7, 11) is -3.62. The van der Waals surface area contributed by atoms with Gasteiger partial charge in [-0.2, -0.15) is 4.31 Å². The van der Waals surface area contributed by atoms with Crippen LogP contribution in [0.15, 0.2) is 56.6 Å². The van der Waals surface area contributed by atoms with E-state index in [1.807, 2.05) is 19.9 Å². The van der Waals surface area contributed by atoms with Crippen molar-refractivity contribution < 1.29 is 8.42 Å². The molecule has 7 heteroatoms. The van der Waals surface area contributed by atoms with Crippen LogP contribution in [0.3, 0.4) is 0 Å². The molecule has 1 aromatic carbocycles. The Labute approximate surface area is 147 Å². The van der Waals surface area contributed by atoms with Gasteiger partial charge in [-0.25, -0.2) is 8.42 Å². The second-order valence-electron chi connectivity index (χ2n) is 5.08. The van der Waals surface area contributed by atoms with Gasteiger partial charge in [0, 0.05) is 33.9 Å². The first-order valence-electron chi connectivity index (χ1n) is 6.68. The summed E-state index contributed by atoms with van der Waals surface area (Å²) < 4.78 is 28.8. The topological polar surface area (TPSA) is 50.3 Å². The fourth-order valence-corrected chi connectivity index (χ4v) is 5.11. The van der Waals surface area contributed by atoms with E-state index in [0.717, 1.165) is 10.0 Å². The highest BCUT2D eigenvalue weighted by molar-refractivity contribution is 9.11. The molecule has 2 rings (SSSR count). The van der Waals surface area contributed by atoms with Crippen LogP contribution in [0.5, 0.6) is 0 Å². The lowest BCUT2D eigenvalue weighted by Gasteiger charge is -2.26. The molecule has 118 valence electrons. The van der Waals surface area contributed by atoms with Crippen LogP contribution in [0.1, 0.15) is 19.4 Å². The lowest BCUT2D eigenvalue weighted by Crippen LogP contribution is -2.36. The second-order valence-corrected chi connectivity index (χ2v) is 8.71. The van der Waals surface area contributed by atoms with Crippen LogP contribution in [0, 0.1) is 0 Å². The third kappa shape index (κ3) is 3.95. The number of pyridine rings is 1. The maximum Gasteiger partial charge on any atom is 0.244 e. The highest BCUT2D eigenvalue weighted by Crippen LogP contribution is 2.30. The van der Waals surface area contributed by atoms with Crippen molar-refractivity contribution in [3.8, 4) is 0 Å². The summed E-state index contributed by atoms with van der Waals surface area (Å²) in [6, 6.07) is 8.63. The van der Waals surface area contributed by atoms with Gasteiger partial charge in [-0.05, 0) is 59.6 Å². The molecular formula is C15H16Br2N2O2S. The summed E-state index contributed by atoms with van der Waals surface area (Å²) in [4.78, 5) is 4.29. The van der Waals surface area contributed by atoms with E-state index in [-0.39, 0.29) is 17.5 Å². The van der Waals surface area contributed by atoms with Gasteiger partial charge >= 0.3 is 0 Å². The van der Waals surface area contributed by atoms with E-state index >= 15 is 0 Å². The smallest absolute Gasteiger partial charge is 0.244 e. The lowest BCUT2D eigenvalue weighted by molar-refractivity contribution is 0.347. The maximum absolute atomic E-state index is 13.0. The van der Waals surface area contributed by atoms with Gasteiger partial charge in [-0.1, -0.05) is 22.0 Å². The maximum atomic E-state index is 13.0. The molecule has 0 spiro atoms. The summed E-state index contributed by atoms with van der Waals surface area (Å²) in [5, 5.41) is 0. The molecule has 0 saturated carbocycles. The summed E-state index contributed by atoms with van der Waals surface area (Å²) in [5.74, 6) is 0. The number of halogens is 2. The minimum Gasteiger partial charge on any atom is -0.264 e. The Balaban J connectivity index is 2.45. The molecule has 0 aliphatic rings. The van der Waals surface area contributed by atoms with E-state index in [9.17, 15) is 8.42 Å². The van der Waals surface area contributed by atoms with Gasteiger partial charge in [0.15, 0.2) is 0 Å². The summed E-state index contributed by atoms with van der Waals surface area (Å²) in [6.07, 6.45) is 3.35. The van der Waals surface area contributed by atoms with E-state index in [4.69, 9.17) is 0 Å². The third-order valence-electron chi connectivity index (χ3n) is 3.12. The number of benzene rings is 1. The molecule has 0 saturated heterocycles. The SMILES string of the molecule is CC(C)N(Cc1cccnc1)S(=O)(=O)c1cc(Br)ccc1Br. The van der Waals surface area contributed by atoms with Crippen LogP contribution >= 0.6 is 31.9 Å². The Morgan fingerprint density at radius 3 is 2.55 bits per heavy atom. The quantitative estimate of drug-likeness (QED) is 0.689. The van der Waals surface area contributed by atoms with Gasteiger partial charge in [-0.15, -0.1) is 0 Å². The number of nitrogens with zero attached hydrogens (tertiary/aromatic N) is 2. The number of hydrogen-bond acceptors (Lipinski definition) is 3. The van der Waals surface area contributed by atoms with Crippen LogP contribution < -0.4 is 0 Å². The Hall–Kier alpha value is -0.760. The molecule has 0 radical (unpaired) electrons. The normalized spacial score (nSPS) is 12.1. The van der Waals surface area contributed by atoms with Gasteiger partial charge in [0.1, 0.15) is 0 Å². The van der Waals surface area contributed by atoms with Crippen LogP contribution in [0.2, 0.25) is 0 Å². The van der Waals surface area contributed by atoms with Crippen LogP contribution in [0.25, 0.3) is 0 Å². The first-order chi connectivity index (χ1) is 10.3. The predicted octanol–water partition coefficient (Wildman–Crippen LogP) is 4.21. The molecule has 0 unspecified atom stereocenters. The van der Waals surface area contributed by atoms with E-state index in [2.05, 4.69) is 36.8 Å². The predicted molar refractivity (Wildman–Crippen MR) is 93.9 cm³/mol. The number of sulfonamides is 1. The van der Waals surface area contributed by atoms with Gasteiger partial charge in [-0.3, -0.25) is 4.98 Å². The van der Waals surface area contributed by atoms with Gasteiger partial charge < -0.3 is 0 Å². The van der Waals surface area contributed by atoms with E-state index in [0.29, 0.717) is 4.47 Å². The van der Waals surface area contributed by atoms with E-state index in [1.54, 1.807) is 36.7 Å². The number of aromatic nitrogens is 1. The zero-order chi connectivity index (χ0) is 16.3. The fraction of sp³-hybridized carbons (Fsp3) is 0.267. The Morgan fingerprint density at radius 1 is 1.23 bits per heavy atom. The molecule has 0 bridgehead atoms. The molecule has 0 aliphatic carbocycles. The average molecular weight is 448 g/mol. The Kier molecular flexibility index (Phi) is 5.76. The van der Waals surface area contributed by atoms with Crippen molar-refractivity contribution in [2.45, 2.75) is 31.3 Å². The van der Waals surface area contributed by atoms with Crippen molar-refractivity contribution in [2.75, 3.05) is 0 Å². The molecule has 1 aromatic heterocycles. The summed E-state index contributed by atoms with van der Waals surface area (Å²) in [5.41, 5.74) is 0.853. The lowest BCUT2D eigenvalue weighted by atomic mass is 10.2. The number of rotatable bonds is 5. The molecule has 1 heterocycles. The molecule has 22 heavy (non-hydrogen) atoms. The largest absolute Gasteiger partial charge is 0.264 e. The first-order valence-corrected chi connectivity index (χ1v) is 9.71. The molecule has 2 aromatic rings. The second kappa shape index (κ2) is 7.21. The Morgan fingerprint density at radius 2 is 1.95 bits per heavy atom. The van der Waals surface area contributed by atoms with E-state index in [1.165, 1.54) is 4.31 Å². The zero-order valence-electron chi connectivity index (χ0n) is 12.2. The van der Waals surface area contributed by atoms with Gasteiger partial charge in [0.25, 0.3) is 0 Å². The van der Waals surface area contributed by atoms with Gasteiger partial charge in [0.2, 0.25) is 10.0 Å². The van der Waals surface area contributed by atoms with Crippen molar-refractivity contribution in [2.24, 2.45) is 0 Å². The van der Waals surface area contributed by atoms with Crippen molar-refractivity contribution in [3.63, 3.8) is 0 Å². The molecule has 0 N–H and O–H groups in total. The molecular weight excluding hydrogens is 432 g/mol. The molecule has 0 fully saturated rings. The minimum atomic E-state index is -3.62. The van der Waals surface area contributed by atoms with Gasteiger partial charge in [0.05, 0.1) is 4.90 Å². The molecule has 0 amide bonds. The van der Waals surface area contributed by atoms with Crippen molar-refractivity contribution >= 4 is 41.9 Å². The number of hydrogen-bond donors (Lipinski definition) is 0. The van der Waals surface area contributed by atoms with Crippen LogP contribution in [-0.4, -0.2) is 23.7 Å². The molecule has 0 aliphatic heterocycles. The highest BCUT2D eigenvalue weighted by Gasteiger charge is 2.29. The fourth-order valence-electron chi connectivity index (χ4n) is 2.02. The Bertz CT molecular complexity index is 749. The molecule has 0 atom stereocenters. The first kappa shape index (κ1) is 17.6. The zero-order valence-corrected chi connectivity index (χ0v) is 16.2. The highest BCUT2D eigenvalue weighted by atomic mass is 79.9. The average Bonchev–Trinajstić information content (AvgIpc) is 2.47. The van der Waals surface area contributed by atoms with Crippen molar-refractivity contribution in [1.29, 1.82) is 0 Å². The summed E-state index contributed by atoms with van der Waals surface area (Å²) >= 11 is 6.66. The third-order valence-corrected chi connectivity index (χ3v) is 6.63. The molecule has 4 nitrogen and oxygen atoms in total. The van der Waals surface area contributed by atoms with E-state index < -0.39 is 10.0 Å². The van der Waals surface area contributed by atoms with Crippen LogP contribution in [0.4, 0.5) is 0 Å². The van der Waals surface area contributed by atoms with Crippen molar-refractivity contribution in [3.05, 3.63) is 57.2 Å². The van der Waals surface area contributed by atoms with Crippen LogP contribution in [-0.2, 0) is 16.6 Å².